The number of ether oxygens (including phenoxy) is 1. The van der Waals surface area contributed by atoms with Gasteiger partial charge >= 0.3 is 5.97 Å². The van der Waals surface area contributed by atoms with Gasteiger partial charge in [-0.15, -0.1) is 11.8 Å². The molecule has 3 rings (SSSR count). The average molecular weight is 406 g/mol. The van der Waals surface area contributed by atoms with Crippen LogP contribution in [0.3, 0.4) is 0 Å². The van der Waals surface area contributed by atoms with Crippen molar-refractivity contribution in [3.8, 4) is 0 Å². The summed E-state index contributed by atoms with van der Waals surface area (Å²) in [5.74, 6) is -0.362. The maximum atomic E-state index is 12.4. The number of hydrogen-bond acceptors (Lipinski definition) is 4. The first kappa shape index (κ1) is 20.0. The second-order valence-electron chi connectivity index (χ2n) is 6.97. The third-order valence-corrected chi connectivity index (χ3v) is 6.35. The van der Waals surface area contributed by atoms with Gasteiger partial charge in [0.2, 0.25) is 0 Å². The van der Waals surface area contributed by atoms with Crippen molar-refractivity contribution >= 4 is 46.0 Å². The molecule has 1 aliphatic heterocycles. The van der Waals surface area contributed by atoms with Crippen LogP contribution in [0.5, 0.6) is 0 Å². The van der Waals surface area contributed by atoms with Crippen molar-refractivity contribution in [2.75, 3.05) is 12.4 Å². The Bertz CT molecular complexity index is 826. The first-order valence-corrected chi connectivity index (χ1v) is 10.6. The van der Waals surface area contributed by atoms with Gasteiger partial charge in [0.25, 0.3) is 5.91 Å². The molecule has 144 valence electrons. The van der Waals surface area contributed by atoms with Gasteiger partial charge in [0.1, 0.15) is 0 Å². The molecule has 0 aliphatic carbocycles. The molecule has 1 aliphatic rings. The standard InChI is InChI=1S/C21H24ClNO3S/c1-14-6-3-7-15(2)23(14)19(24)12-26-20(25)13-27-18-11-5-9-16-8-4-10-17(22)21(16)18/h4-5,8-11,14-15H,3,6-7,12-13H2,1-2H3. The van der Waals surface area contributed by atoms with E-state index < -0.39 is 5.97 Å². The van der Waals surface area contributed by atoms with Crippen LogP contribution in [0.2, 0.25) is 5.02 Å². The molecule has 0 aromatic heterocycles. The van der Waals surface area contributed by atoms with Crippen LogP contribution in [0.25, 0.3) is 10.8 Å². The average Bonchev–Trinajstić information content (AvgIpc) is 2.64. The summed E-state index contributed by atoms with van der Waals surface area (Å²) in [6.45, 7) is 3.91. The van der Waals surface area contributed by atoms with E-state index in [9.17, 15) is 9.59 Å². The van der Waals surface area contributed by atoms with E-state index >= 15 is 0 Å². The van der Waals surface area contributed by atoms with Crippen LogP contribution in [0.1, 0.15) is 33.1 Å². The van der Waals surface area contributed by atoms with Crippen molar-refractivity contribution in [3.05, 3.63) is 41.4 Å². The smallest absolute Gasteiger partial charge is 0.316 e. The van der Waals surface area contributed by atoms with Crippen LogP contribution in [0.15, 0.2) is 41.3 Å². The molecule has 0 saturated carbocycles. The number of rotatable bonds is 5. The molecule has 2 aromatic rings. The number of thioether (sulfide) groups is 1. The summed E-state index contributed by atoms with van der Waals surface area (Å²) < 4.78 is 5.23. The Morgan fingerprint density at radius 3 is 2.52 bits per heavy atom. The fraction of sp³-hybridized carbons (Fsp3) is 0.429. The maximum absolute atomic E-state index is 12.4. The Kier molecular flexibility index (Phi) is 6.66. The molecular formula is C21H24ClNO3S. The highest BCUT2D eigenvalue weighted by atomic mass is 35.5. The summed E-state index contributed by atoms with van der Waals surface area (Å²) in [5, 5.41) is 2.63. The summed E-state index contributed by atoms with van der Waals surface area (Å²) in [4.78, 5) is 27.4. The summed E-state index contributed by atoms with van der Waals surface area (Å²) in [6, 6.07) is 12.0. The number of piperidine rings is 1. The Morgan fingerprint density at radius 2 is 1.81 bits per heavy atom. The topological polar surface area (TPSA) is 46.6 Å². The monoisotopic (exact) mass is 405 g/mol. The lowest BCUT2D eigenvalue weighted by Crippen LogP contribution is -2.49. The molecule has 2 atom stereocenters. The van der Waals surface area contributed by atoms with Crippen LogP contribution in [0.4, 0.5) is 0 Å². The van der Waals surface area contributed by atoms with Crippen molar-refractivity contribution < 1.29 is 14.3 Å². The van der Waals surface area contributed by atoms with Crippen molar-refractivity contribution in [1.29, 1.82) is 0 Å². The normalized spacial score (nSPS) is 19.9. The lowest BCUT2D eigenvalue weighted by Gasteiger charge is -2.38. The van der Waals surface area contributed by atoms with Crippen LogP contribution in [0, 0.1) is 0 Å². The zero-order chi connectivity index (χ0) is 19.4. The van der Waals surface area contributed by atoms with E-state index in [-0.39, 0.29) is 30.4 Å². The number of fused-ring (bicyclic) bond motifs is 1. The minimum absolute atomic E-state index is 0.110. The summed E-state index contributed by atoms with van der Waals surface area (Å²) in [6.07, 6.45) is 3.14. The first-order chi connectivity index (χ1) is 13.0. The molecule has 6 heteroatoms. The van der Waals surface area contributed by atoms with E-state index in [4.69, 9.17) is 16.3 Å². The predicted octanol–water partition coefficient (Wildman–Crippen LogP) is 4.92. The molecule has 1 amide bonds. The number of nitrogens with zero attached hydrogens (tertiary/aromatic N) is 1. The molecule has 0 bridgehead atoms. The highest BCUT2D eigenvalue weighted by Gasteiger charge is 2.29. The Morgan fingerprint density at radius 1 is 1.15 bits per heavy atom. The van der Waals surface area contributed by atoms with Gasteiger partial charge in [-0.3, -0.25) is 9.59 Å². The van der Waals surface area contributed by atoms with Gasteiger partial charge in [0.15, 0.2) is 6.61 Å². The molecule has 1 heterocycles. The highest BCUT2D eigenvalue weighted by molar-refractivity contribution is 8.00. The molecule has 0 N–H and O–H groups in total. The summed E-state index contributed by atoms with van der Waals surface area (Å²) in [5.41, 5.74) is 0. The van der Waals surface area contributed by atoms with E-state index in [2.05, 4.69) is 13.8 Å². The lowest BCUT2D eigenvalue weighted by molar-refractivity contribution is -0.153. The molecule has 4 nitrogen and oxygen atoms in total. The SMILES string of the molecule is CC1CCCC(C)N1C(=O)COC(=O)CSc1cccc2cccc(Cl)c12. The van der Waals surface area contributed by atoms with Gasteiger partial charge in [-0.05, 0) is 50.6 Å². The Labute approximate surface area is 169 Å². The van der Waals surface area contributed by atoms with E-state index in [0.29, 0.717) is 5.02 Å². The van der Waals surface area contributed by atoms with Crippen LogP contribution >= 0.6 is 23.4 Å². The van der Waals surface area contributed by atoms with Gasteiger partial charge in [-0.2, -0.15) is 0 Å². The zero-order valence-electron chi connectivity index (χ0n) is 15.6. The van der Waals surface area contributed by atoms with Gasteiger partial charge in [-0.1, -0.05) is 35.9 Å². The van der Waals surface area contributed by atoms with Crippen molar-refractivity contribution in [2.24, 2.45) is 0 Å². The molecular weight excluding hydrogens is 382 g/mol. The summed E-state index contributed by atoms with van der Waals surface area (Å²) >= 11 is 7.69. The third kappa shape index (κ3) is 4.77. The van der Waals surface area contributed by atoms with Crippen LogP contribution in [-0.4, -0.2) is 41.2 Å². The number of halogens is 1. The van der Waals surface area contributed by atoms with E-state index in [0.717, 1.165) is 34.9 Å². The summed E-state index contributed by atoms with van der Waals surface area (Å²) in [7, 11) is 0. The Hall–Kier alpha value is -1.72. The van der Waals surface area contributed by atoms with Gasteiger partial charge in [-0.25, -0.2) is 0 Å². The molecule has 2 unspecified atom stereocenters. The minimum Gasteiger partial charge on any atom is -0.455 e. The number of likely N-dealkylation sites (tertiary alicyclic amines) is 1. The fourth-order valence-electron chi connectivity index (χ4n) is 3.69. The highest BCUT2D eigenvalue weighted by Crippen LogP contribution is 2.33. The van der Waals surface area contributed by atoms with Gasteiger partial charge in [0.05, 0.1) is 5.75 Å². The molecule has 2 aromatic carbocycles. The molecule has 27 heavy (non-hydrogen) atoms. The molecule has 1 saturated heterocycles. The van der Waals surface area contributed by atoms with E-state index in [1.165, 1.54) is 11.8 Å². The second-order valence-corrected chi connectivity index (χ2v) is 8.40. The van der Waals surface area contributed by atoms with Crippen LogP contribution < -0.4 is 0 Å². The molecule has 0 spiro atoms. The van der Waals surface area contributed by atoms with Gasteiger partial charge in [0, 0.05) is 27.4 Å². The molecule has 0 radical (unpaired) electrons. The maximum Gasteiger partial charge on any atom is 0.316 e. The molecule has 1 fully saturated rings. The second kappa shape index (κ2) is 8.98. The predicted molar refractivity (Wildman–Crippen MR) is 110 cm³/mol. The zero-order valence-corrected chi connectivity index (χ0v) is 17.2. The van der Waals surface area contributed by atoms with Crippen LogP contribution in [-0.2, 0) is 14.3 Å². The van der Waals surface area contributed by atoms with E-state index in [1.54, 1.807) is 0 Å². The number of hydrogen-bond donors (Lipinski definition) is 0. The van der Waals surface area contributed by atoms with Crippen molar-refractivity contribution in [2.45, 2.75) is 50.1 Å². The largest absolute Gasteiger partial charge is 0.455 e. The van der Waals surface area contributed by atoms with Crippen molar-refractivity contribution in [3.63, 3.8) is 0 Å². The third-order valence-electron chi connectivity index (χ3n) is 5.00. The number of amides is 1. The number of carbonyl (C=O) groups is 2. The number of carbonyl (C=O) groups excluding carboxylic acids is 2. The minimum atomic E-state index is -0.394. The fourth-order valence-corrected chi connectivity index (χ4v) is 4.93. The number of benzene rings is 2. The lowest BCUT2D eigenvalue weighted by atomic mass is 9.97. The first-order valence-electron chi connectivity index (χ1n) is 9.24. The van der Waals surface area contributed by atoms with E-state index in [1.807, 2.05) is 41.3 Å². The van der Waals surface area contributed by atoms with Crippen molar-refractivity contribution in [1.82, 2.24) is 4.90 Å². The van der Waals surface area contributed by atoms with Gasteiger partial charge < -0.3 is 9.64 Å². The quantitative estimate of drug-likeness (QED) is 0.523. The number of esters is 1. The Balaban J connectivity index is 1.55.